The van der Waals surface area contributed by atoms with E-state index in [4.69, 9.17) is 44.9 Å². The Morgan fingerprint density at radius 3 is 2.76 bits per heavy atom. The third-order valence-electron chi connectivity index (χ3n) is 4.91. The summed E-state index contributed by atoms with van der Waals surface area (Å²) in [7, 11) is 0. The number of benzene rings is 1. The molecular weight excluding hydrogens is 489 g/mol. The van der Waals surface area contributed by atoms with E-state index >= 15 is 0 Å². The SMILES string of the molecule is CCCCCOC(=O)CC1C(=O)NCCN1C(=S)NC(=O)CCCOc1ccc(Cl)cc1Cl. The number of hydrogen-bond donors (Lipinski definition) is 2. The maximum Gasteiger partial charge on any atom is 0.308 e. The maximum absolute atomic E-state index is 12.3. The van der Waals surface area contributed by atoms with Crippen molar-refractivity contribution < 1.29 is 23.9 Å². The average Bonchev–Trinajstić information content (AvgIpc) is 2.76. The molecule has 0 bridgehead atoms. The summed E-state index contributed by atoms with van der Waals surface area (Å²) < 4.78 is 10.8. The van der Waals surface area contributed by atoms with Crippen LogP contribution < -0.4 is 15.4 Å². The summed E-state index contributed by atoms with van der Waals surface area (Å²) in [5.74, 6) is -0.611. The van der Waals surface area contributed by atoms with Gasteiger partial charge in [-0.1, -0.05) is 43.0 Å². The Labute approximate surface area is 209 Å². The normalized spacial score (nSPS) is 15.5. The van der Waals surface area contributed by atoms with Gasteiger partial charge in [-0.15, -0.1) is 0 Å². The lowest BCUT2D eigenvalue weighted by atomic mass is 10.1. The molecule has 0 spiro atoms. The molecule has 0 saturated carbocycles. The van der Waals surface area contributed by atoms with Crippen molar-refractivity contribution in [2.24, 2.45) is 0 Å². The molecule has 1 unspecified atom stereocenters. The van der Waals surface area contributed by atoms with Crippen molar-refractivity contribution in [3.05, 3.63) is 28.2 Å². The molecule has 0 aromatic heterocycles. The Hall–Kier alpha value is -2.10. The van der Waals surface area contributed by atoms with E-state index in [1.54, 1.807) is 23.1 Å². The van der Waals surface area contributed by atoms with Crippen LogP contribution in [0.3, 0.4) is 0 Å². The van der Waals surface area contributed by atoms with Crippen LogP contribution in [0.5, 0.6) is 5.75 Å². The third-order valence-corrected chi connectivity index (χ3v) is 5.78. The molecule has 1 aromatic carbocycles. The number of carbonyl (C=O) groups is 3. The van der Waals surface area contributed by atoms with E-state index in [1.165, 1.54) is 0 Å². The summed E-state index contributed by atoms with van der Waals surface area (Å²) in [5, 5.41) is 6.37. The van der Waals surface area contributed by atoms with Crippen LogP contribution in [0, 0.1) is 0 Å². The number of ether oxygens (including phenoxy) is 2. The van der Waals surface area contributed by atoms with Crippen LogP contribution in [0.1, 0.15) is 45.4 Å². The van der Waals surface area contributed by atoms with Crippen molar-refractivity contribution in [2.45, 2.75) is 51.5 Å². The van der Waals surface area contributed by atoms with E-state index in [2.05, 4.69) is 17.6 Å². The second-order valence-corrected chi connectivity index (χ2v) is 8.74. The zero-order chi connectivity index (χ0) is 24.2. The van der Waals surface area contributed by atoms with Crippen molar-refractivity contribution in [1.29, 1.82) is 0 Å². The van der Waals surface area contributed by atoms with Crippen LogP contribution in [0.4, 0.5) is 0 Å². The summed E-state index contributed by atoms with van der Waals surface area (Å²) in [6.45, 7) is 3.42. The van der Waals surface area contributed by atoms with Crippen molar-refractivity contribution in [1.82, 2.24) is 15.5 Å². The Balaban J connectivity index is 1.78. The minimum absolute atomic E-state index is 0.111. The molecule has 1 aliphatic rings. The minimum Gasteiger partial charge on any atom is -0.492 e. The highest BCUT2D eigenvalue weighted by atomic mass is 35.5. The van der Waals surface area contributed by atoms with Crippen LogP contribution in [0.15, 0.2) is 18.2 Å². The monoisotopic (exact) mass is 517 g/mol. The van der Waals surface area contributed by atoms with Gasteiger partial charge in [0.15, 0.2) is 5.11 Å². The molecule has 0 aliphatic carbocycles. The number of hydrogen-bond acceptors (Lipinski definition) is 6. The number of nitrogens with one attached hydrogen (secondary N) is 2. The predicted octanol–water partition coefficient (Wildman–Crippen LogP) is 3.48. The van der Waals surface area contributed by atoms with Gasteiger partial charge in [-0.05, 0) is 43.3 Å². The number of thiocarbonyl (C=S) groups is 1. The number of nitrogens with zero attached hydrogens (tertiary/aromatic N) is 1. The second-order valence-electron chi connectivity index (χ2n) is 7.51. The number of unbranched alkanes of at least 4 members (excludes halogenated alkanes) is 2. The Bertz CT molecular complexity index is 855. The van der Waals surface area contributed by atoms with Crippen molar-refractivity contribution in [2.75, 3.05) is 26.3 Å². The van der Waals surface area contributed by atoms with E-state index < -0.39 is 12.0 Å². The van der Waals surface area contributed by atoms with Gasteiger partial charge in [-0.25, -0.2) is 0 Å². The smallest absolute Gasteiger partial charge is 0.308 e. The first-order chi connectivity index (χ1) is 15.8. The fraction of sp³-hybridized carbons (Fsp3) is 0.545. The standard InChI is InChI=1S/C22H29Cl2N3O5S/c1-2-3-4-11-32-20(29)14-17-21(30)25-9-10-27(17)22(33)26-19(28)6-5-12-31-18-8-7-15(23)13-16(18)24/h7-8,13,17H,2-6,9-12,14H2,1H3,(H,25,30)(H,26,28,33). The summed E-state index contributed by atoms with van der Waals surface area (Å²) in [4.78, 5) is 38.4. The van der Waals surface area contributed by atoms with E-state index in [1.807, 2.05) is 0 Å². The highest BCUT2D eigenvalue weighted by Crippen LogP contribution is 2.27. The molecule has 1 aliphatic heterocycles. The summed E-state index contributed by atoms with van der Waals surface area (Å²) in [6.07, 6.45) is 3.23. The van der Waals surface area contributed by atoms with Gasteiger partial charge in [0.2, 0.25) is 11.8 Å². The number of rotatable bonds is 11. The summed E-state index contributed by atoms with van der Waals surface area (Å²) in [6, 6.07) is 4.09. The molecule has 0 radical (unpaired) electrons. The Kier molecular flexibility index (Phi) is 11.7. The second kappa shape index (κ2) is 14.2. The quantitative estimate of drug-likeness (QED) is 0.263. The number of amides is 2. The zero-order valence-electron chi connectivity index (χ0n) is 18.5. The lowest BCUT2D eigenvalue weighted by Crippen LogP contribution is -2.60. The molecule has 33 heavy (non-hydrogen) atoms. The Morgan fingerprint density at radius 1 is 1.24 bits per heavy atom. The van der Waals surface area contributed by atoms with Gasteiger partial charge in [0.1, 0.15) is 11.8 Å². The van der Waals surface area contributed by atoms with Gasteiger partial charge in [-0.3, -0.25) is 14.4 Å². The molecule has 1 heterocycles. The number of esters is 1. The van der Waals surface area contributed by atoms with Gasteiger partial charge in [-0.2, -0.15) is 0 Å². The molecule has 1 atom stereocenters. The van der Waals surface area contributed by atoms with Gasteiger partial charge >= 0.3 is 5.97 Å². The van der Waals surface area contributed by atoms with Crippen LogP contribution in [-0.4, -0.2) is 60.1 Å². The Morgan fingerprint density at radius 2 is 2.03 bits per heavy atom. The minimum atomic E-state index is -0.819. The number of piperazine rings is 1. The fourth-order valence-electron chi connectivity index (χ4n) is 3.18. The number of carbonyl (C=O) groups excluding carboxylic acids is 3. The molecular formula is C22H29Cl2N3O5S. The highest BCUT2D eigenvalue weighted by molar-refractivity contribution is 7.80. The predicted molar refractivity (Wildman–Crippen MR) is 131 cm³/mol. The lowest BCUT2D eigenvalue weighted by molar-refractivity contribution is -0.147. The maximum atomic E-state index is 12.3. The first-order valence-electron chi connectivity index (χ1n) is 10.9. The average molecular weight is 518 g/mol. The zero-order valence-corrected chi connectivity index (χ0v) is 20.9. The van der Waals surface area contributed by atoms with E-state index in [0.717, 1.165) is 19.3 Å². The van der Waals surface area contributed by atoms with Crippen LogP contribution in [0.25, 0.3) is 0 Å². The molecule has 182 valence electrons. The van der Waals surface area contributed by atoms with Gasteiger partial charge in [0.25, 0.3) is 0 Å². The molecule has 11 heteroatoms. The third kappa shape index (κ3) is 9.35. The van der Waals surface area contributed by atoms with E-state index in [-0.39, 0.29) is 36.4 Å². The first kappa shape index (κ1) is 27.1. The van der Waals surface area contributed by atoms with Crippen LogP contribution >= 0.6 is 35.4 Å². The van der Waals surface area contributed by atoms with Crippen LogP contribution in [0.2, 0.25) is 10.0 Å². The molecule has 1 saturated heterocycles. The molecule has 2 amide bonds. The number of halogens is 2. The van der Waals surface area contributed by atoms with Crippen molar-refractivity contribution in [3.63, 3.8) is 0 Å². The molecule has 1 aromatic rings. The molecule has 2 N–H and O–H groups in total. The largest absolute Gasteiger partial charge is 0.492 e. The van der Waals surface area contributed by atoms with Gasteiger partial charge < -0.3 is 25.0 Å². The summed E-state index contributed by atoms with van der Waals surface area (Å²) >= 11 is 17.2. The first-order valence-corrected chi connectivity index (χ1v) is 12.1. The fourth-order valence-corrected chi connectivity index (χ4v) is 3.97. The molecule has 8 nitrogen and oxygen atoms in total. The topological polar surface area (TPSA) is 97.0 Å². The lowest BCUT2D eigenvalue weighted by Gasteiger charge is -2.36. The van der Waals surface area contributed by atoms with E-state index in [0.29, 0.717) is 41.9 Å². The molecule has 1 fully saturated rings. The highest BCUT2D eigenvalue weighted by Gasteiger charge is 2.34. The molecule has 2 rings (SSSR count). The van der Waals surface area contributed by atoms with Gasteiger partial charge in [0, 0.05) is 24.5 Å². The van der Waals surface area contributed by atoms with Crippen molar-refractivity contribution >= 4 is 58.3 Å². The van der Waals surface area contributed by atoms with Crippen molar-refractivity contribution in [3.8, 4) is 5.75 Å². The van der Waals surface area contributed by atoms with E-state index in [9.17, 15) is 14.4 Å². The van der Waals surface area contributed by atoms with Crippen LogP contribution in [-0.2, 0) is 19.1 Å². The van der Waals surface area contributed by atoms with Gasteiger partial charge in [0.05, 0.1) is 24.7 Å². The summed E-state index contributed by atoms with van der Waals surface area (Å²) in [5.41, 5.74) is 0.